The Kier molecular flexibility index (Phi) is 10.4. The Morgan fingerprint density at radius 1 is 0.929 bits per heavy atom. The lowest BCUT2D eigenvalue weighted by Gasteiger charge is -2.16. The van der Waals surface area contributed by atoms with Crippen molar-refractivity contribution in [3.8, 4) is 11.5 Å². The summed E-state index contributed by atoms with van der Waals surface area (Å²) in [6, 6.07) is 10.4. The Labute approximate surface area is 176 Å². The summed E-state index contributed by atoms with van der Waals surface area (Å²) >= 11 is 3.61. The van der Waals surface area contributed by atoms with Gasteiger partial charge < -0.3 is 14.8 Å². The van der Waals surface area contributed by atoms with Crippen molar-refractivity contribution < 1.29 is 13.9 Å². The van der Waals surface area contributed by atoms with E-state index in [1.165, 1.54) is 44.2 Å². The molecular weight excluding hydrogens is 421 g/mol. The molecule has 0 radical (unpaired) electrons. The smallest absolute Gasteiger partial charge is 0.175 e. The van der Waals surface area contributed by atoms with E-state index in [-0.39, 0.29) is 5.82 Å². The van der Waals surface area contributed by atoms with E-state index in [4.69, 9.17) is 9.47 Å². The SMILES string of the molecule is CCCCCCCNCc1cc(Br)c(OCc2ccc(F)cc2)c(OCC)c1. The zero-order valence-electron chi connectivity index (χ0n) is 16.9. The van der Waals surface area contributed by atoms with Gasteiger partial charge in [0.1, 0.15) is 12.4 Å². The second-order valence-electron chi connectivity index (χ2n) is 6.84. The lowest BCUT2D eigenvalue weighted by Crippen LogP contribution is -2.15. The molecule has 2 rings (SSSR count). The number of benzene rings is 2. The van der Waals surface area contributed by atoms with Gasteiger partial charge in [0.2, 0.25) is 0 Å². The Morgan fingerprint density at radius 3 is 2.39 bits per heavy atom. The molecule has 1 N–H and O–H groups in total. The highest BCUT2D eigenvalue weighted by Gasteiger charge is 2.13. The van der Waals surface area contributed by atoms with Crippen molar-refractivity contribution >= 4 is 15.9 Å². The summed E-state index contributed by atoms with van der Waals surface area (Å²) in [5.74, 6) is 1.15. The Bertz CT molecular complexity index is 706. The first-order valence-electron chi connectivity index (χ1n) is 10.2. The molecule has 0 saturated carbocycles. The van der Waals surface area contributed by atoms with Gasteiger partial charge in [-0.2, -0.15) is 0 Å². The normalized spacial score (nSPS) is 10.9. The van der Waals surface area contributed by atoms with Crippen LogP contribution in [0.25, 0.3) is 0 Å². The van der Waals surface area contributed by atoms with Crippen LogP contribution in [-0.2, 0) is 13.2 Å². The van der Waals surface area contributed by atoms with E-state index in [2.05, 4.69) is 34.2 Å². The van der Waals surface area contributed by atoms with E-state index < -0.39 is 0 Å². The van der Waals surface area contributed by atoms with Crippen molar-refractivity contribution in [1.29, 1.82) is 0 Å². The van der Waals surface area contributed by atoms with Gasteiger partial charge in [-0.15, -0.1) is 0 Å². The highest BCUT2D eigenvalue weighted by atomic mass is 79.9. The van der Waals surface area contributed by atoms with Crippen LogP contribution in [0.15, 0.2) is 40.9 Å². The maximum atomic E-state index is 13.1. The maximum absolute atomic E-state index is 13.1. The fourth-order valence-corrected chi connectivity index (χ4v) is 3.55. The zero-order chi connectivity index (χ0) is 20.2. The van der Waals surface area contributed by atoms with Gasteiger partial charge in [-0.05, 0) is 71.2 Å². The van der Waals surface area contributed by atoms with Crippen LogP contribution in [0.2, 0.25) is 0 Å². The van der Waals surface area contributed by atoms with Crippen molar-refractivity contribution in [2.45, 2.75) is 59.1 Å². The summed E-state index contributed by atoms with van der Waals surface area (Å²) in [5, 5.41) is 3.51. The number of hydrogen-bond acceptors (Lipinski definition) is 3. The highest BCUT2D eigenvalue weighted by molar-refractivity contribution is 9.10. The molecule has 2 aromatic rings. The molecule has 0 aliphatic rings. The molecule has 0 aliphatic heterocycles. The minimum Gasteiger partial charge on any atom is -0.490 e. The molecule has 0 aliphatic carbocycles. The predicted octanol–water partition coefficient (Wildman–Crippen LogP) is 6.63. The molecule has 0 aromatic heterocycles. The van der Waals surface area contributed by atoms with Gasteiger partial charge in [-0.3, -0.25) is 0 Å². The molecule has 5 heteroatoms. The number of hydrogen-bond donors (Lipinski definition) is 1. The molecular formula is C23H31BrFNO2. The quantitative estimate of drug-likeness (QED) is 0.346. The van der Waals surface area contributed by atoms with Crippen LogP contribution in [0, 0.1) is 5.82 Å². The first-order valence-corrected chi connectivity index (χ1v) is 11.0. The average Bonchev–Trinajstić information content (AvgIpc) is 2.68. The lowest BCUT2D eigenvalue weighted by atomic mass is 10.1. The maximum Gasteiger partial charge on any atom is 0.175 e. The molecule has 0 spiro atoms. The molecule has 0 bridgehead atoms. The van der Waals surface area contributed by atoms with Crippen LogP contribution in [-0.4, -0.2) is 13.2 Å². The minimum atomic E-state index is -0.248. The van der Waals surface area contributed by atoms with Gasteiger partial charge >= 0.3 is 0 Å². The topological polar surface area (TPSA) is 30.5 Å². The van der Waals surface area contributed by atoms with Crippen LogP contribution in [0.5, 0.6) is 11.5 Å². The first kappa shape index (κ1) is 22.7. The monoisotopic (exact) mass is 451 g/mol. The van der Waals surface area contributed by atoms with Crippen LogP contribution in [0.3, 0.4) is 0 Å². The second kappa shape index (κ2) is 12.8. The molecule has 154 valence electrons. The van der Waals surface area contributed by atoms with Gasteiger partial charge in [0, 0.05) is 6.54 Å². The second-order valence-corrected chi connectivity index (χ2v) is 7.70. The van der Waals surface area contributed by atoms with Crippen molar-refractivity contribution in [1.82, 2.24) is 5.32 Å². The van der Waals surface area contributed by atoms with Gasteiger partial charge in [0.05, 0.1) is 11.1 Å². The van der Waals surface area contributed by atoms with E-state index >= 15 is 0 Å². The Hall–Kier alpha value is -1.59. The van der Waals surface area contributed by atoms with Gasteiger partial charge in [0.15, 0.2) is 11.5 Å². The minimum absolute atomic E-state index is 0.248. The fraction of sp³-hybridized carbons (Fsp3) is 0.478. The Balaban J connectivity index is 1.93. The summed E-state index contributed by atoms with van der Waals surface area (Å²) in [7, 11) is 0. The third-order valence-corrected chi connectivity index (χ3v) is 5.04. The van der Waals surface area contributed by atoms with Crippen molar-refractivity contribution in [3.63, 3.8) is 0 Å². The van der Waals surface area contributed by atoms with Gasteiger partial charge in [-0.1, -0.05) is 44.7 Å². The first-order chi connectivity index (χ1) is 13.6. The van der Waals surface area contributed by atoms with Crippen molar-refractivity contribution in [3.05, 3.63) is 57.8 Å². The van der Waals surface area contributed by atoms with Crippen LogP contribution in [0.1, 0.15) is 57.1 Å². The Morgan fingerprint density at radius 2 is 1.68 bits per heavy atom. The number of ether oxygens (including phenoxy) is 2. The standard InChI is InChI=1S/C23H31BrFNO2/c1-3-5-6-7-8-13-26-16-19-14-21(24)23(22(15-19)27-4-2)28-17-18-9-11-20(25)12-10-18/h9-12,14-15,26H,3-8,13,16-17H2,1-2H3. The molecule has 0 fully saturated rings. The molecule has 3 nitrogen and oxygen atoms in total. The van der Waals surface area contributed by atoms with Crippen LogP contribution in [0.4, 0.5) is 4.39 Å². The summed E-state index contributed by atoms with van der Waals surface area (Å²) in [5.41, 5.74) is 2.06. The van der Waals surface area contributed by atoms with E-state index in [0.29, 0.717) is 19.0 Å². The van der Waals surface area contributed by atoms with Gasteiger partial charge in [0.25, 0.3) is 0 Å². The van der Waals surface area contributed by atoms with Crippen molar-refractivity contribution in [2.75, 3.05) is 13.2 Å². The summed E-state index contributed by atoms with van der Waals surface area (Å²) in [6.07, 6.45) is 6.41. The average molecular weight is 452 g/mol. The summed E-state index contributed by atoms with van der Waals surface area (Å²) < 4.78 is 25.7. The predicted molar refractivity (Wildman–Crippen MR) is 117 cm³/mol. The molecule has 0 saturated heterocycles. The largest absolute Gasteiger partial charge is 0.490 e. The lowest BCUT2D eigenvalue weighted by molar-refractivity contribution is 0.267. The summed E-state index contributed by atoms with van der Waals surface area (Å²) in [6.45, 7) is 6.93. The fourth-order valence-electron chi connectivity index (χ4n) is 2.95. The number of unbranched alkanes of at least 4 members (excludes halogenated alkanes) is 4. The van der Waals surface area contributed by atoms with Gasteiger partial charge in [-0.25, -0.2) is 4.39 Å². The van der Waals surface area contributed by atoms with Crippen LogP contribution >= 0.6 is 15.9 Å². The zero-order valence-corrected chi connectivity index (χ0v) is 18.5. The molecule has 0 unspecified atom stereocenters. The third kappa shape index (κ3) is 7.80. The van der Waals surface area contributed by atoms with E-state index in [1.54, 1.807) is 12.1 Å². The molecule has 28 heavy (non-hydrogen) atoms. The molecule has 0 amide bonds. The highest BCUT2D eigenvalue weighted by Crippen LogP contribution is 2.37. The summed E-state index contributed by atoms with van der Waals surface area (Å²) in [4.78, 5) is 0. The number of rotatable bonds is 13. The van der Waals surface area contributed by atoms with Crippen LogP contribution < -0.4 is 14.8 Å². The van der Waals surface area contributed by atoms with E-state index in [9.17, 15) is 4.39 Å². The number of halogens is 2. The van der Waals surface area contributed by atoms with E-state index in [1.807, 2.05) is 13.0 Å². The molecule has 0 atom stereocenters. The molecule has 2 aromatic carbocycles. The third-order valence-electron chi connectivity index (χ3n) is 4.45. The van der Waals surface area contributed by atoms with E-state index in [0.717, 1.165) is 34.4 Å². The van der Waals surface area contributed by atoms with Crippen molar-refractivity contribution in [2.24, 2.45) is 0 Å². The molecule has 0 heterocycles. The number of nitrogens with one attached hydrogen (secondary N) is 1.